The maximum Gasteiger partial charge on any atom is 0.237 e. The summed E-state index contributed by atoms with van der Waals surface area (Å²) in [4.78, 5) is 17.6. The van der Waals surface area contributed by atoms with Gasteiger partial charge < -0.3 is 10.6 Å². The molecule has 1 aliphatic carbocycles. The van der Waals surface area contributed by atoms with Crippen LogP contribution in [0.4, 0.5) is 5.82 Å². The largest absolute Gasteiger partial charge is 0.368 e. The number of rotatable bonds is 4. The maximum absolute atomic E-state index is 11.2. The van der Waals surface area contributed by atoms with Crippen molar-refractivity contribution < 1.29 is 4.79 Å². The Labute approximate surface area is 109 Å². The minimum atomic E-state index is -0.311. The summed E-state index contributed by atoms with van der Waals surface area (Å²) in [6.45, 7) is 0.236. The van der Waals surface area contributed by atoms with E-state index in [9.17, 15) is 4.79 Å². The minimum absolute atomic E-state index is 0.236. The summed E-state index contributed by atoms with van der Waals surface area (Å²) < 4.78 is 0.910. The van der Waals surface area contributed by atoms with Gasteiger partial charge in [0.1, 0.15) is 5.82 Å². The van der Waals surface area contributed by atoms with Gasteiger partial charge >= 0.3 is 0 Å². The number of hydrogen-bond acceptors (Lipinski definition) is 3. The molecule has 1 aliphatic rings. The smallest absolute Gasteiger partial charge is 0.237 e. The number of pyridine rings is 1. The number of anilines is 1. The van der Waals surface area contributed by atoms with Crippen molar-refractivity contribution in [3.8, 4) is 0 Å². The van der Waals surface area contributed by atoms with Gasteiger partial charge in [0, 0.05) is 12.2 Å². The molecule has 1 fully saturated rings. The molecule has 0 radical (unpaired) electrons. The molecule has 2 rings (SSSR count). The normalized spacial score (nSPS) is 16.1. The number of carbonyl (C=O) groups excluding carboxylic acids is 1. The highest BCUT2D eigenvalue weighted by Crippen LogP contribution is 2.30. The molecule has 0 unspecified atom stereocenters. The number of nitrogens with two attached hydrogens (primary N) is 1. The minimum Gasteiger partial charge on any atom is -0.368 e. The lowest BCUT2D eigenvalue weighted by molar-refractivity contribution is -0.116. The molecule has 1 heterocycles. The number of primary amides is 1. The summed E-state index contributed by atoms with van der Waals surface area (Å²) in [6.07, 6.45) is 6.38. The summed E-state index contributed by atoms with van der Waals surface area (Å²) in [6, 6.07) is 4.18. The van der Waals surface area contributed by atoms with Gasteiger partial charge in [0.05, 0.1) is 11.0 Å². The molecule has 92 valence electrons. The highest BCUT2D eigenvalue weighted by atomic mass is 79.9. The summed E-state index contributed by atoms with van der Waals surface area (Å²) >= 11 is 3.48. The van der Waals surface area contributed by atoms with E-state index in [0.717, 1.165) is 23.1 Å². The lowest BCUT2D eigenvalue weighted by Gasteiger charge is -2.29. The number of aromatic nitrogens is 1. The van der Waals surface area contributed by atoms with Crippen molar-refractivity contribution in [2.75, 3.05) is 11.4 Å². The Balaban J connectivity index is 2.25. The van der Waals surface area contributed by atoms with Gasteiger partial charge in [0.2, 0.25) is 5.91 Å². The Hall–Kier alpha value is -1.10. The Kier molecular flexibility index (Phi) is 3.99. The van der Waals surface area contributed by atoms with Gasteiger partial charge in [0.15, 0.2) is 0 Å². The summed E-state index contributed by atoms with van der Waals surface area (Å²) in [5.74, 6) is 0.507. The monoisotopic (exact) mass is 297 g/mol. The fourth-order valence-corrected chi connectivity index (χ4v) is 2.83. The van der Waals surface area contributed by atoms with Crippen molar-refractivity contribution >= 4 is 27.7 Å². The SMILES string of the molecule is NC(=O)CN(c1ncccc1Br)C1CCCC1. The Morgan fingerprint density at radius 1 is 1.53 bits per heavy atom. The van der Waals surface area contributed by atoms with Crippen molar-refractivity contribution in [1.29, 1.82) is 0 Å². The van der Waals surface area contributed by atoms with Gasteiger partial charge in [-0.05, 0) is 40.9 Å². The number of nitrogens with zero attached hydrogens (tertiary/aromatic N) is 2. The fourth-order valence-electron chi connectivity index (χ4n) is 2.35. The summed E-state index contributed by atoms with van der Waals surface area (Å²) in [5, 5.41) is 0. The zero-order valence-electron chi connectivity index (χ0n) is 9.60. The van der Waals surface area contributed by atoms with Crippen molar-refractivity contribution in [2.45, 2.75) is 31.7 Å². The van der Waals surface area contributed by atoms with E-state index in [1.807, 2.05) is 17.0 Å². The van der Waals surface area contributed by atoms with Crippen molar-refractivity contribution in [3.05, 3.63) is 22.8 Å². The molecule has 0 aromatic carbocycles. The first kappa shape index (κ1) is 12.4. The average Bonchev–Trinajstić information content (AvgIpc) is 2.80. The topological polar surface area (TPSA) is 59.2 Å². The molecule has 17 heavy (non-hydrogen) atoms. The number of carbonyl (C=O) groups is 1. The molecule has 4 nitrogen and oxygen atoms in total. The molecular formula is C12H16BrN3O. The standard InChI is InChI=1S/C12H16BrN3O/c13-10-6-3-7-15-12(10)16(8-11(14)17)9-4-1-2-5-9/h3,6-7,9H,1-2,4-5,8H2,(H2,14,17). The Bertz CT molecular complexity index is 404. The molecule has 5 heteroatoms. The van der Waals surface area contributed by atoms with Gasteiger partial charge in [0.25, 0.3) is 0 Å². The van der Waals surface area contributed by atoms with E-state index in [1.165, 1.54) is 12.8 Å². The van der Waals surface area contributed by atoms with E-state index < -0.39 is 0 Å². The summed E-state index contributed by atoms with van der Waals surface area (Å²) in [5.41, 5.74) is 5.32. The van der Waals surface area contributed by atoms with Crippen LogP contribution >= 0.6 is 15.9 Å². The first-order chi connectivity index (χ1) is 8.18. The first-order valence-electron chi connectivity index (χ1n) is 5.84. The van der Waals surface area contributed by atoms with Gasteiger partial charge in [-0.2, -0.15) is 0 Å². The van der Waals surface area contributed by atoms with Crippen LogP contribution in [0.15, 0.2) is 22.8 Å². The van der Waals surface area contributed by atoms with Crippen LogP contribution < -0.4 is 10.6 Å². The lowest BCUT2D eigenvalue weighted by Crippen LogP contribution is -2.40. The molecule has 0 saturated heterocycles. The number of amides is 1. The second-order valence-corrected chi connectivity index (χ2v) is 5.20. The lowest BCUT2D eigenvalue weighted by atomic mass is 10.2. The molecule has 1 aromatic heterocycles. The van der Waals surface area contributed by atoms with Crippen LogP contribution in [-0.4, -0.2) is 23.5 Å². The van der Waals surface area contributed by atoms with Gasteiger partial charge in [-0.25, -0.2) is 4.98 Å². The third kappa shape index (κ3) is 2.97. The average molecular weight is 298 g/mol. The second-order valence-electron chi connectivity index (χ2n) is 4.34. The molecular weight excluding hydrogens is 282 g/mol. The molecule has 0 atom stereocenters. The summed E-state index contributed by atoms with van der Waals surface area (Å²) in [7, 11) is 0. The molecule has 2 N–H and O–H groups in total. The maximum atomic E-state index is 11.2. The molecule has 1 amide bonds. The van der Waals surface area contributed by atoms with Crippen LogP contribution in [0, 0.1) is 0 Å². The third-order valence-corrected chi connectivity index (χ3v) is 3.72. The molecule has 1 saturated carbocycles. The zero-order chi connectivity index (χ0) is 12.3. The Morgan fingerprint density at radius 2 is 2.24 bits per heavy atom. The van der Waals surface area contributed by atoms with Gasteiger partial charge in [-0.3, -0.25) is 4.79 Å². The van der Waals surface area contributed by atoms with E-state index in [1.54, 1.807) is 6.20 Å². The van der Waals surface area contributed by atoms with Crippen molar-refractivity contribution in [1.82, 2.24) is 4.98 Å². The van der Waals surface area contributed by atoms with Crippen LogP contribution in [0.1, 0.15) is 25.7 Å². The van der Waals surface area contributed by atoms with Crippen LogP contribution in [-0.2, 0) is 4.79 Å². The van der Waals surface area contributed by atoms with E-state index >= 15 is 0 Å². The fraction of sp³-hybridized carbons (Fsp3) is 0.500. The van der Waals surface area contributed by atoms with Crippen LogP contribution in [0.3, 0.4) is 0 Å². The molecule has 1 aromatic rings. The number of hydrogen-bond donors (Lipinski definition) is 1. The quantitative estimate of drug-likeness (QED) is 0.926. The van der Waals surface area contributed by atoms with Gasteiger partial charge in [-0.1, -0.05) is 12.8 Å². The highest BCUT2D eigenvalue weighted by Gasteiger charge is 2.26. The van der Waals surface area contributed by atoms with Crippen LogP contribution in [0.25, 0.3) is 0 Å². The zero-order valence-corrected chi connectivity index (χ0v) is 11.2. The number of halogens is 1. The van der Waals surface area contributed by atoms with Crippen molar-refractivity contribution in [2.24, 2.45) is 5.73 Å². The molecule has 0 spiro atoms. The predicted molar refractivity (Wildman–Crippen MR) is 70.7 cm³/mol. The van der Waals surface area contributed by atoms with Gasteiger partial charge in [-0.15, -0.1) is 0 Å². The molecule has 0 aliphatic heterocycles. The third-order valence-electron chi connectivity index (χ3n) is 3.10. The second kappa shape index (κ2) is 5.49. The van der Waals surface area contributed by atoms with Crippen LogP contribution in [0.2, 0.25) is 0 Å². The Morgan fingerprint density at radius 3 is 2.82 bits per heavy atom. The van der Waals surface area contributed by atoms with E-state index in [4.69, 9.17) is 5.73 Å². The van der Waals surface area contributed by atoms with Crippen LogP contribution in [0.5, 0.6) is 0 Å². The predicted octanol–water partition coefficient (Wildman–Crippen LogP) is 2.08. The first-order valence-corrected chi connectivity index (χ1v) is 6.63. The highest BCUT2D eigenvalue weighted by molar-refractivity contribution is 9.10. The van der Waals surface area contributed by atoms with E-state index in [-0.39, 0.29) is 12.5 Å². The van der Waals surface area contributed by atoms with Crippen molar-refractivity contribution in [3.63, 3.8) is 0 Å². The van der Waals surface area contributed by atoms with E-state index in [2.05, 4.69) is 20.9 Å². The molecule has 0 bridgehead atoms. The van der Waals surface area contributed by atoms with E-state index in [0.29, 0.717) is 6.04 Å².